The smallest absolute Gasteiger partial charge is 0.217 e. The summed E-state index contributed by atoms with van der Waals surface area (Å²) in [6, 6.07) is 11.9. The predicted molar refractivity (Wildman–Crippen MR) is 141 cm³/mol. The lowest BCUT2D eigenvalue weighted by Crippen LogP contribution is -2.13. The fourth-order valence-corrected chi connectivity index (χ4v) is 5.11. The molecule has 9 nitrogen and oxygen atoms in total. The summed E-state index contributed by atoms with van der Waals surface area (Å²) >= 11 is 0. The van der Waals surface area contributed by atoms with E-state index in [9.17, 15) is 4.79 Å². The molecule has 1 aromatic carbocycles. The topological polar surface area (TPSA) is 115 Å². The zero-order valence-corrected chi connectivity index (χ0v) is 21.4. The number of pyridine rings is 1. The minimum absolute atomic E-state index is 0.0777. The van der Waals surface area contributed by atoms with Crippen molar-refractivity contribution >= 4 is 5.78 Å². The summed E-state index contributed by atoms with van der Waals surface area (Å²) in [5.41, 5.74) is 3.64. The number of aromatic amines is 1. The minimum Gasteiger partial charge on any atom is -0.291 e. The van der Waals surface area contributed by atoms with Crippen molar-refractivity contribution in [2.45, 2.75) is 77.7 Å². The number of rotatable bonds is 11. The first kappa shape index (κ1) is 24.9. The molecule has 3 aromatic heterocycles. The van der Waals surface area contributed by atoms with Crippen molar-refractivity contribution in [1.82, 2.24) is 40.4 Å². The Balaban J connectivity index is 1.34. The molecule has 3 heterocycles. The second kappa shape index (κ2) is 12.0. The predicted octanol–water partition coefficient (Wildman–Crippen LogP) is 5.45. The van der Waals surface area contributed by atoms with Gasteiger partial charge in [-0.2, -0.15) is 5.21 Å². The Morgan fingerprint density at radius 3 is 2.62 bits per heavy atom. The van der Waals surface area contributed by atoms with Crippen molar-refractivity contribution in [2.75, 3.05) is 0 Å². The number of H-pyrrole nitrogens is 1. The Morgan fingerprint density at radius 1 is 1.05 bits per heavy atom. The molecule has 192 valence electrons. The molecule has 1 N–H and O–H groups in total. The quantitative estimate of drug-likeness (QED) is 0.216. The van der Waals surface area contributed by atoms with E-state index in [1.807, 2.05) is 41.2 Å². The maximum absolute atomic E-state index is 13.0. The van der Waals surface area contributed by atoms with E-state index in [4.69, 9.17) is 9.97 Å². The minimum atomic E-state index is 0.0777. The maximum atomic E-state index is 13.0. The lowest BCUT2D eigenvalue weighted by molar-refractivity contribution is 0.0939. The van der Waals surface area contributed by atoms with E-state index in [2.05, 4.69) is 38.7 Å². The number of benzene rings is 1. The first-order valence-corrected chi connectivity index (χ1v) is 13.5. The third-order valence-electron chi connectivity index (χ3n) is 7.15. The first-order chi connectivity index (χ1) is 18.2. The van der Waals surface area contributed by atoms with Gasteiger partial charge < -0.3 is 0 Å². The van der Waals surface area contributed by atoms with E-state index in [1.165, 1.54) is 19.3 Å². The molecule has 1 aliphatic rings. The maximum Gasteiger partial charge on any atom is 0.217 e. The van der Waals surface area contributed by atoms with Gasteiger partial charge in [0.05, 0.1) is 12.2 Å². The van der Waals surface area contributed by atoms with Crippen molar-refractivity contribution in [1.29, 1.82) is 0 Å². The molecular formula is C28H34N8O. The third-order valence-corrected chi connectivity index (χ3v) is 7.15. The van der Waals surface area contributed by atoms with Gasteiger partial charge in [0.1, 0.15) is 5.82 Å². The molecule has 0 spiro atoms. The average Bonchev–Trinajstić information content (AvgIpc) is 3.61. The van der Waals surface area contributed by atoms with Crippen LogP contribution < -0.4 is 0 Å². The zero-order chi connectivity index (χ0) is 25.5. The number of carbonyl (C=O) groups excluding carboxylic acids is 1. The monoisotopic (exact) mass is 498 g/mol. The van der Waals surface area contributed by atoms with Crippen molar-refractivity contribution in [3.8, 4) is 22.6 Å². The first-order valence-electron chi connectivity index (χ1n) is 13.5. The van der Waals surface area contributed by atoms with Gasteiger partial charge in [-0.05, 0) is 29.2 Å². The van der Waals surface area contributed by atoms with Crippen LogP contribution in [0.3, 0.4) is 0 Å². The fraction of sp³-hybridized carbons (Fsp3) is 0.464. The van der Waals surface area contributed by atoms with E-state index in [-0.39, 0.29) is 5.78 Å². The summed E-state index contributed by atoms with van der Waals surface area (Å²) in [7, 11) is 0. The lowest BCUT2D eigenvalue weighted by atomic mass is 9.86. The molecule has 1 fully saturated rings. The van der Waals surface area contributed by atoms with Crippen LogP contribution in [0.15, 0.2) is 42.6 Å². The molecule has 0 amide bonds. The van der Waals surface area contributed by atoms with Crippen LogP contribution in [0.1, 0.15) is 86.7 Å². The number of unbranched alkanes of at least 4 members (excludes halogenated alkanes) is 2. The highest BCUT2D eigenvalue weighted by molar-refractivity contribution is 5.92. The molecule has 0 radical (unpaired) electrons. The Bertz CT molecular complexity index is 1290. The van der Waals surface area contributed by atoms with E-state index in [0.717, 1.165) is 66.7 Å². The van der Waals surface area contributed by atoms with Crippen molar-refractivity contribution in [3.63, 3.8) is 0 Å². The summed E-state index contributed by atoms with van der Waals surface area (Å²) < 4.78 is 1.90. The molecule has 0 atom stereocenters. The van der Waals surface area contributed by atoms with E-state index in [1.54, 1.807) is 0 Å². The molecule has 0 aliphatic heterocycles. The van der Waals surface area contributed by atoms with Crippen LogP contribution in [0, 0.1) is 5.92 Å². The summed E-state index contributed by atoms with van der Waals surface area (Å²) in [6.07, 6.45) is 12.6. The van der Waals surface area contributed by atoms with Crippen LogP contribution in [0.5, 0.6) is 0 Å². The number of nitrogens with zero attached hydrogens (tertiary/aromatic N) is 7. The Labute approximate surface area is 217 Å². The molecule has 37 heavy (non-hydrogen) atoms. The van der Waals surface area contributed by atoms with Gasteiger partial charge in [-0.15, -0.1) is 15.3 Å². The number of ketones is 1. The van der Waals surface area contributed by atoms with Crippen LogP contribution in [0.4, 0.5) is 0 Å². The fourth-order valence-electron chi connectivity index (χ4n) is 5.11. The molecular weight excluding hydrogens is 464 g/mol. The van der Waals surface area contributed by atoms with Gasteiger partial charge in [-0.25, -0.2) is 9.67 Å². The number of hydrogen-bond donors (Lipinski definition) is 1. The van der Waals surface area contributed by atoms with Crippen LogP contribution in [-0.2, 0) is 13.0 Å². The van der Waals surface area contributed by atoms with E-state index >= 15 is 0 Å². The van der Waals surface area contributed by atoms with Gasteiger partial charge in [-0.3, -0.25) is 9.78 Å². The number of carbonyl (C=O) groups is 1. The molecule has 0 saturated heterocycles. The molecule has 0 unspecified atom stereocenters. The SMILES string of the molecule is CCCCCc1nc(C(=O)CC2CCCCC2)nn1Cc1ccc(-c2ccccc2-c2nn[nH]n2)nc1. The van der Waals surface area contributed by atoms with Crippen LogP contribution in [-0.4, -0.2) is 46.2 Å². The van der Waals surface area contributed by atoms with Gasteiger partial charge in [0.15, 0.2) is 0 Å². The van der Waals surface area contributed by atoms with Crippen molar-refractivity contribution < 1.29 is 4.79 Å². The number of tetrazole rings is 1. The van der Waals surface area contributed by atoms with E-state index in [0.29, 0.717) is 30.5 Å². The van der Waals surface area contributed by atoms with Gasteiger partial charge in [0.25, 0.3) is 0 Å². The van der Waals surface area contributed by atoms with Gasteiger partial charge in [-0.1, -0.05) is 82.2 Å². The van der Waals surface area contributed by atoms with Crippen LogP contribution >= 0.6 is 0 Å². The number of aromatic nitrogens is 8. The largest absolute Gasteiger partial charge is 0.291 e. The van der Waals surface area contributed by atoms with Crippen molar-refractivity contribution in [2.24, 2.45) is 5.92 Å². The molecule has 1 saturated carbocycles. The van der Waals surface area contributed by atoms with Gasteiger partial charge in [0.2, 0.25) is 17.4 Å². The lowest BCUT2D eigenvalue weighted by Gasteiger charge is -2.19. The Kier molecular flexibility index (Phi) is 8.08. The molecule has 9 heteroatoms. The second-order valence-electron chi connectivity index (χ2n) is 9.93. The zero-order valence-electron chi connectivity index (χ0n) is 21.4. The molecule has 4 aromatic rings. The van der Waals surface area contributed by atoms with Crippen molar-refractivity contribution in [3.05, 3.63) is 59.8 Å². The molecule has 0 bridgehead atoms. The highest BCUT2D eigenvalue weighted by Crippen LogP contribution is 2.29. The third kappa shape index (κ3) is 6.15. The number of hydrogen-bond acceptors (Lipinski definition) is 7. The standard InChI is InChI=1S/C28H34N8O/c1-2-3-5-14-26-30-28(25(37)17-20-10-6-4-7-11-20)33-36(26)19-21-15-16-24(29-18-21)22-12-8-9-13-23(22)27-31-34-35-32-27/h8-9,12-13,15-16,18,20H,2-7,10-11,14,17,19H2,1H3,(H,31,32,34,35). The Hall–Kier alpha value is -3.75. The van der Waals surface area contributed by atoms with Crippen LogP contribution in [0.2, 0.25) is 0 Å². The normalized spacial score (nSPS) is 14.2. The number of nitrogens with one attached hydrogen (secondary N) is 1. The second-order valence-corrected chi connectivity index (χ2v) is 9.93. The molecule has 5 rings (SSSR count). The summed E-state index contributed by atoms with van der Waals surface area (Å²) in [6.45, 7) is 2.72. The summed E-state index contributed by atoms with van der Waals surface area (Å²) in [4.78, 5) is 22.5. The highest BCUT2D eigenvalue weighted by atomic mass is 16.1. The average molecular weight is 499 g/mol. The summed E-state index contributed by atoms with van der Waals surface area (Å²) in [5, 5.41) is 19.1. The van der Waals surface area contributed by atoms with Gasteiger partial charge in [0, 0.05) is 30.2 Å². The summed E-state index contributed by atoms with van der Waals surface area (Å²) in [5.74, 6) is 2.34. The van der Waals surface area contributed by atoms with Gasteiger partial charge >= 0.3 is 0 Å². The Morgan fingerprint density at radius 2 is 1.89 bits per heavy atom. The van der Waals surface area contributed by atoms with Crippen LogP contribution in [0.25, 0.3) is 22.6 Å². The highest BCUT2D eigenvalue weighted by Gasteiger charge is 2.22. The number of aryl methyl sites for hydroxylation is 1. The molecule has 1 aliphatic carbocycles. The number of Topliss-reactive ketones (excluding diaryl/α,β-unsaturated/α-hetero) is 1. The van der Waals surface area contributed by atoms with E-state index < -0.39 is 0 Å².